The monoisotopic (exact) mass is 452 g/mol. The van der Waals surface area contributed by atoms with Crippen LogP contribution in [0.25, 0.3) is 0 Å². The summed E-state index contributed by atoms with van der Waals surface area (Å²) in [6, 6.07) is 21.0. The highest BCUT2D eigenvalue weighted by Gasteiger charge is 2.24. The third-order valence-electron chi connectivity index (χ3n) is 5.13. The van der Waals surface area contributed by atoms with E-state index in [1.54, 1.807) is 50.4 Å². The van der Waals surface area contributed by atoms with Crippen molar-refractivity contribution in [2.24, 2.45) is 0 Å². The van der Waals surface area contributed by atoms with Gasteiger partial charge in [0.25, 0.3) is 15.9 Å². The maximum absolute atomic E-state index is 13.2. The SMILES string of the molecule is CCN(c1ccccc1)S(=O)(=O)c1cccc(C(=O)NCCc2cc(C)ccc2OC)c1. The fourth-order valence-electron chi connectivity index (χ4n) is 3.53. The van der Waals surface area contributed by atoms with Crippen LogP contribution in [0.15, 0.2) is 77.7 Å². The van der Waals surface area contributed by atoms with Crippen LogP contribution >= 0.6 is 0 Å². The van der Waals surface area contributed by atoms with Gasteiger partial charge in [-0.2, -0.15) is 0 Å². The summed E-state index contributed by atoms with van der Waals surface area (Å²) in [5, 5.41) is 2.87. The molecular weight excluding hydrogens is 424 g/mol. The summed E-state index contributed by atoms with van der Waals surface area (Å²) in [5.74, 6) is 0.454. The molecule has 0 atom stereocenters. The van der Waals surface area contributed by atoms with Crippen molar-refractivity contribution in [1.29, 1.82) is 0 Å². The first-order chi connectivity index (χ1) is 15.4. The number of ether oxygens (including phenoxy) is 1. The van der Waals surface area contributed by atoms with Gasteiger partial charge < -0.3 is 10.1 Å². The van der Waals surface area contributed by atoms with Gasteiger partial charge in [-0.25, -0.2) is 8.42 Å². The minimum Gasteiger partial charge on any atom is -0.496 e. The summed E-state index contributed by atoms with van der Waals surface area (Å²) >= 11 is 0. The first-order valence-electron chi connectivity index (χ1n) is 10.5. The van der Waals surface area contributed by atoms with E-state index in [0.717, 1.165) is 16.9 Å². The highest BCUT2D eigenvalue weighted by Crippen LogP contribution is 2.24. The van der Waals surface area contributed by atoms with E-state index in [1.807, 2.05) is 31.2 Å². The molecule has 0 spiro atoms. The molecule has 0 heterocycles. The Hall–Kier alpha value is -3.32. The summed E-state index contributed by atoms with van der Waals surface area (Å²) in [4.78, 5) is 12.8. The molecule has 0 fully saturated rings. The number of amides is 1. The topological polar surface area (TPSA) is 75.7 Å². The molecular formula is C25H28N2O4S. The molecule has 0 saturated carbocycles. The molecule has 3 aromatic carbocycles. The van der Waals surface area contributed by atoms with Crippen LogP contribution in [-0.2, 0) is 16.4 Å². The van der Waals surface area contributed by atoms with Crippen molar-refractivity contribution >= 4 is 21.6 Å². The zero-order valence-corrected chi connectivity index (χ0v) is 19.4. The molecule has 168 valence electrons. The van der Waals surface area contributed by atoms with Crippen molar-refractivity contribution in [3.05, 3.63) is 89.5 Å². The zero-order chi connectivity index (χ0) is 23.1. The van der Waals surface area contributed by atoms with Crippen molar-refractivity contribution in [3.63, 3.8) is 0 Å². The van der Waals surface area contributed by atoms with Crippen LogP contribution in [0, 0.1) is 6.92 Å². The Labute approximate surface area is 189 Å². The van der Waals surface area contributed by atoms with Gasteiger partial charge in [-0.05, 0) is 62.2 Å². The number of hydrogen-bond donors (Lipinski definition) is 1. The van der Waals surface area contributed by atoms with Crippen LogP contribution in [-0.4, -0.2) is 34.5 Å². The molecule has 0 aliphatic heterocycles. The van der Waals surface area contributed by atoms with E-state index in [2.05, 4.69) is 5.32 Å². The first-order valence-corrected chi connectivity index (χ1v) is 11.9. The molecule has 32 heavy (non-hydrogen) atoms. The van der Waals surface area contributed by atoms with Crippen LogP contribution in [0.3, 0.4) is 0 Å². The molecule has 0 radical (unpaired) electrons. The summed E-state index contributed by atoms with van der Waals surface area (Å²) < 4.78 is 33.1. The maximum Gasteiger partial charge on any atom is 0.264 e. The molecule has 0 aliphatic rings. The van der Waals surface area contributed by atoms with Gasteiger partial charge in [0.05, 0.1) is 17.7 Å². The Morgan fingerprint density at radius 2 is 1.75 bits per heavy atom. The quantitative estimate of drug-likeness (QED) is 0.528. The third-order valence-corrected chi connectivity index (χ3v) is 7.03. The number of methoxy groups -OCH3 is 1. The number of carbonyl (C=O) groups is 1. The predicted octanol–water partition coefficient (Wildman–Crippen LogP) is 4.19. The molecule has 0 aromatic heterocycles. The van der Waals surface area contributed by atoms with Gasteiger partial charge in [-0.3, -0.25) is 9.10 Å². The maximum atomic E-state index is 13.2. The molecule has 1 amide bonds. The van der Waals surface area contributed by atoms with Crippen LogP contribution in [0.4, 0.5) is 5.69 Å². The molecule has 3 rings (SSSR count). The molecule has 6 nitrogen and oxygen atoms in total. The Bertz CT molecular complexity index is 1180. The molecule has 0 unspecified atom stereocenters. The van der Waals surface area contributed by atoms with E-state index >= 15 is 0 Å². The lowest BCUT2D eigenvalue weighted by Crippen LogP contribution is -2.31. The van der Waals surface area contributed by atoms with E-state index in [9.17, 15) is 13.2 Å². The van der Waals surface area contributed by atoms with Gasteiger partial charge in [-0.15, -0.1) is 0 Å². The Morgan fingerprint density at radius 1 is 1.00 bits per heavy atom. The largest absolute Gasteiger partial charge is 0.496 e. The van der Waals surface area contributed by atoms with Gasteiger partial charge in [0.2, 0.25) is 0 Å². The second kappa shape index (κ2) is 10.3. The van der Waals surface area contributed by atoms with Crippen LogP contribution in [0.5, 0.6) is 5.75 Å². The number of nitrogens with zero attached hydrogens (tertiary/aromatic N) is 1. The summed E-state index contributed by atoms with van der Waals surface area (Å²) in [7, 11) is -2.18. The molecule has 0 saturated heterocycles. The lowest BCUT2D eigenvalue weighted by atomic mass is 10.1. The fourth-order valence-corrected chi connectivity index (χ4v) is 5.05. The number of nitrogens with one attached hydrogen (secondary N) is 1. The summed E-state index contributed by atoms with van der Waals surface area (Å²) in [5.41, 5.74) is 3.00. The number of anilines is 1. The second-order valence-electron chi connectivity index (χ2n) is 7.35. The Morgan fingerprint density at radius 3 is 2.44 bits per heavy atom. The smallest absolute Gasteiger partial charge is 0.264 e. The number of para-hydroxylation sites is 1. The molecule has 1 N–H and O–H groups in total. The van der Waals surface area contributed by atoms with E-state index in [0.29, 0.717) is 24.2 Å². The van der Waals surface area contributed by atoms with Crippen LogP contribution in [0.2, 0.25) is 0 Å². The third kappa shape index (κ3) is 5.29. The van der Waals surface area contributed by atoms with Crippen molar-refractivity contribution in [3.8, 4) is 5.75 Å². The fraction of sp³-hybridized carbons (Fsp3) is 0.240. The highest BCUT2D eigenvalue weighted by atomic mass is 32.2. The molecule has 0 bridgehead atoms. The highest BCUT2D eigenvalue weighted by molar-refractivity contribution is 7.92. The van der Waals surface area contributed by atoms with Gasteiger partial charge in [0, 0.05) is 18.7 Å². The van der Waals surface area contributed by atoms with Crippen molar-refractivity contribution in [1.82, 2.24) is 5.32 Å². The molecule has 0 aliphatic carbocycles. The minimum absolute atomic E-state index is 0.0798. The minimum atomic E-state index is -3.80. The number of carbonyl (C=O) groups excluding carboxylic acids is 1. The van der Waals surface area contributed by atoms with E-state index < -0.39 is 10.0 Å². The van der Waals surface area contributed by atoms with E-state index in [4.69, 9.17) is 4.74 Å². The van der Waals surface area contributed by atoms with E-state index in [1.165, 1.54) is 16.4 Å². The Balaban J connectivity index is 1.74. The number of aryl methyl sites for hydroxylation is 1. The predicted molar refractivity (Wildman–Crippen MR) is 127 cm³/mol. The standard InChI is InChI=1S/C25H28N2O4S/c1-4-27(22-10-6-5-7-11-22)32(29,30)23-12-8-9-21(18-23)25(28)26-16-15-20-17-19(2)13-14-24(20)31-3/h5-14,17-18H,4,15-16H2,1-3H3,(H,26,28). The van der Waals surface area contributed by atoms with Crippen LogP contribution < -0.4 is 14.4 Å². The average Bonchev–Trinajstić information content (AvgIpc) is 2.80. The lowest BCUT2D eigenvalue weighted by Gasteiger charge is -2.23. The first kappa shape index (κ1) is 23.3. The van der Waals surface area contributed by atoms with Gasteiger partial charge in [-0.1, -0.05) is 42.0 Å². The number of sulfonamides is 1. The lowest BCUT2D eigenvalue weighted by molar-refractivity contribution is 0.0954. The second-order valence-corrected chi connectivity index (χ2v) is 9.22. The summed E-state index contributed by atoms with van der Waals surface area (Å²) in [6.07, 6.45) is 0.603. The molecule has 7 heteroatoms. The zero-order valence-electron chi connectivity index (χ0n) is 18.5. The van der Waals surface area contributed by atoms with E-state index in [-0.39, 0.29) is 17.3 Å². The number of benzene rings is 3. The van der Waals surface area contributed by atoms with Gasteiger partial charge in [0.15, 0.2) is 0 Å². The number of hydrogen-bond acceptors (Lipinski definition) is 4. The van der Waals surface area contributed by atoms with Gasteiger partial charge in [0.1, 0.15) is 5.75 Å². The van der Waals surface area contributed by atoms with Crippen molar-refractivity contribution < 1.29 is 17.9 Å². The average molecular weight is 453 g/mol. The summed E-state index contributed by atoms with van der Waals surface area (Å²) in [6.45, 7) is 4.46. The Kier molecular flexibility index (Phi) is 7.53. The van der Waals surface area contributed by atoms with Crippen molar-refractivity contribution in [2.45, 2.75) is 25.2 Å². The van der Waals surface area contributed by atoms with Gasteiger partial charge >= 0.3 is 0 Å². The number of rotatable bonds is 9. The normalized spacial score (nSPS) is 11.1. The molecule has 3 aromatic rings. The van der Waals surface area contributed by atoms with Crippen LogP contribution in [0.1, 0.15) is 28.4 Å². The van der Waals surface area contributed by atoms with Crippen molar-refractivity contribution in [2.75, 3.05) is 24.5 Å².